The summed E-state index contributed by atoms with van der Waals surface area (Å²) in [5.41, 5.74) is -0.0508. The Balaban J connectivity index is 1.95. The smallest absolute Gasteiger partial charge is 0.236 e. The van der Waals surface area contributed by atoms with Crippen LogP contribution in [-0.2, 0) is 4.79 Å². The first-order valence-corrected chi connectivity index (χ1v) is 6.65. The molecule has 1 heterocycles. The van der Waals surface area contributed by atoms with E-state index in [-0.39, 0.29) is 16.2 Å². The van der Waals surface area contributed by atoms with Gasteiger partial charge in [-0.05, 0) is 38.4 Å². The maximum absolute atomic E-state index is 12.0. The fraction of sp³-hybridized carbons (Fsp3) is 0.900. The summed E-state index contributed by atoms with van der Waals surface area (Å²) >= 11 is 7.61. The summed E-state index contributed by atoms with van der Waals surface area (Å²) in [5, 5.41) is 3.11. The van der Waals surface area contributed by atoms with Gasteiger partial charge in [0.2, 0.25) is 5.91 Å². The van der Waals surface area contributed by atoms with E-state index in [1.165, 1.54) is 0 Å². The molecule has 0 bridgehead atoms. The van der Waals surface area contributed by atoms with Gasteiger partial charge in [0.1, 0.15) is 0 Å². The molecular formula is C10H16ClNOS. The van der Waals surface area contributed by atoms with E-state index in [1.54, 1.807) is 11.8 Å². The van der Waals surface area contributed by atoms with Crippen molar-refractivity contribution in [2.75, 3.05) is 11.6 Å². The van der Waals surface area contributed by atoms with Crippen LogP contribution in [0.15, 0.2) is 0 Å². The van der Waals surface area contributed by atoms with Crippen molar-refractivity contribution in [1.29, 1.82) is 0 Å². The van der Waals surface area contributed by atoms with E-state index in [0.29, 0.717) is 5.88 Å². The van der Waals surface area contributed by atoms with Crippen molar-refractivity contribution < 1.29 is 4.79 Å². The van der Waals surface area contributed by atoms with Gasteiger partial charge in [-0.15, -0.1) is 23.4 Å². The number of halogens is 1. The molecule has 2 nitrogen and oxygen atoms in total. The number of rotatable bonds is 3. The van der Waals surface area contributed by atoms with Crippen LogP contribution in [0.2, 0.25) is 0 Å². The average molecular weight is 234 g/mol. The number of thioether (sulfide) groups is 1. The topological polar surface area (TPSA) is 29.1 Å². The van der Waals surface area contributed by atoms with E-state index in [2.05, 4.69) is 5.32 Å². The molecule has 1 aliphatic heterocycles. The number of carbonyl (C=O) groups is 1. The molecule has 1 N–H and O–H groups in total. The molecule has 0 aromatic heterocycles. The minimum absolute atomic E-state index is 0.0508. The molecule has 1 amide bonds. The van der Waals surface area contributed by atoms with Crippen LogP contribution in [0.5, 0.6) is 0 Å². The van der Waals surface area contributed by atoms with Crippen LogP contribution >= 0.6 is 23.4 Å². The largest absolute Gasteiger partial charge is 0.348 e. The van der Waals surface area contributed by atoms with E-state index in [1.807, 2.05) is 6.92 Å². The summed E-state index contributed by atoms with van der Waals surface area (Å²) in [5.74, 6) is 1.86. The Hall–Kier alpha value is 0.110. The van der Waals surface area contributed by atoms with Crippen LogP contribution in [0.4, 0.5) is 0 Å². The maximum Gasteiger partial charge on any atom is 0.236 e. The minimum Gasteiger partial charge on any atom is -0.348 e. The molecule has 1 saturated heterocycles. The van der Waals surface area contributed by atoms with Crippen LogP contribution in [0, 0.1) is 0 Å². The lowest BCUT2D eigenvalue weighted by atomic mass is 10.0. The molecule has 1 unspecified atom stereocenters. The standard InChI is InChI=1S/C10H16ClNOS/c1-9(3-2-6-14-9)8(13)12-10(7-11)4-5-10/h2-7H2,1H3,(H,12,13). The van der Waals surface area contributed by atoms with E-state index >= 15 is 0 Å². The first-order chi connectivity index (χ1) is 6.60. The molecule has 0 aromatic rings. The summed E-state index contributed by atoms with van der Waals surface area (Å²) in [6.45, 7) is 2.05. The lowest BCUT2D eigenvalue weighted by Gasteiger charge is -2.25. The summed E-state index contributed by atoms with van der Waals surface area (Å²) in [6, 6.07) is 0. The lowest BCUT2D eigenvalue weighted by Crippen LogP contribution is -2.47. The normalized spacial score (nSPS) is 34.1. The van der Waals surface area contributed by atoms with Gasteiger partial charge in [0.25, 0.3) is 0 Å². The summed E-state index contributed by atoms with van der Waals surface area (Å²) in [6.07, 6.45) is 4.25. The van der Waals surface area contributed by atoms with Crippen LogP contribution in [0.1, 0.15) is 32.6 Å². The van der Waals surface area contributed by atoms with Crippen LogP contribution in [0.25, 0.3) is 0 Å². The summed E-state index contributed by atoms with van der Waals surface area (Å²) in [4.78, 5) is 12.0. The van der Waals surface area contributed by atoms with E-state index in [0.717, 1.165) is 31.4 Å². The highest BCUT2D eigenvalue weighted by Gasteiger charge is 2.47. The van der Waals surface area contributed by atoms with Gasteiger partial charge in [-0.2, -0.15) is 0 Å². The molecular weight excluding hydrogens is 218 g/mol. The SMILES string of the molecule is CC1(C(=O)NC2(CCl)CC2)CCCS1. The summed E-state index contributed by atoms with van der Waals surface area (Å²) in [7, 11) is 0. The number of nitrogens with one attached hydrogen (secondary N) is 1. The number of hydrogen-bond acceptors (Lipinski definition) is 2. The van der Waals surface area contributed by atoms with E-state index in [4.69, 9.17) is 11.6 Å². The quantitative estimate of drug-likeness (QED) is 0.757. The molecule has 4 heteroatoms. The molecule has 0 spiro atoms. The molecule has 1 aliphatic carbocycles. The molecule has 1 atom stereocenters. The monoisotopic (exact) mass is 233 g/mol. The first-order valence-electron chi connectivity index (χ1n) is 5.13. The van der Waals surface area contributed by atoms with Crippen LogP contribution in [-0.4, -0.2) is 27.8 Å². The third kappa shape index (κ3) is 1.89. The second-order valence-corrected chi connectivity index (χ2v) is 6.42. The average Bonchev–Trinajstić information content (AvgIpc) is 2.80. The third-order valence-electron chi connectivity index (χ3n) is 3.19. The van der Waals surface area contributed by atoms with Crippen LogP contribution < -0.4 is 5.32 Å². The van der Waals surface area contributed by atoms with Crippen molar-refractivity contribution in [3.63, 3.8) is 0 Å². The Morgan fingerprint density at radius 1 is 1.50 bits per heavy atom. The molecule has 80 valence electrons. The Labute approximate surface area is 94.1 Å². The highest BCUT2D eigenvalue weighted by atomic mass is 35.5. The lowest BCUT2D eigenvalue weighted by molar-refractivity contribution is -0.123. The number of hydrogen-bond donors (Lipinski definition) is 1. The number of carbonyl (C=O) groups excluding carboxylic acids is 1. The number of amides is 1. The predicted molar refractivity (Wildman–Crippen MR) is 60.9 cm³/mol. The zero-order valence-corrected chi connectivity index (χ0v) is 10.0. The Kier molecular flexibility index (Phi) is 2.73. The molecule has 14 heavy (non-hydrogen) atoms. The Bertz CT molecular complexity index is 247. The van der Waals surface area contributed by atoms with Crippen molar-refractivity contribution in [3.8, 4) is 0 Å². The van der Waals surface area contributed by atoms with E-state index in [9.17, 15) is 4.79 Å². The molecule has 2 rings (SSSR count). The van der Waals surface area contributed by atoms with Gasteiger partial charge < -0.3 is 5.32 Å². The fourth-order valence-electron chi connectivity index (χ4n) is 1.77. The van der Waals surface area contributed by atoms with Crippen molar-refractivity contribution in [3.05, 3.63) is 0 Å². The Morgan fingerprint density at radius 2 is 2.21 bits per heavy atom. The van der Waals surface area contributed by atoms with Crippen molar-refractivity contribution in [1.82, 2.24) is 5.32 Å². The third-order valence-corrected chi connectivity index (χ3v) is 5.22. The van der Waals surface area contributed by atoms with Gasteiger partial charge in [-0.3, -0.25) is 4.79 Å². The van der Waals surface area contributed by atoms with Crippen molar-refractivity contribution >= 4 is 29.3 Å². The number of alkyl halides is 1. The zero-order chi connectivity index (χ0) is 10.2. The van der Waals surface area contributed by atoms with Gasteiger partial charge in [0.15, 0.2) is 0 Å². The minimum atomic E-state index is -0.193. The summed E-state index contributed by atoms with van der Waals surface area (Å²) < 4.78 is -0.193. The molecule has 2 fully saturated rings. The first kappa shape index (κ1) is 10.6. The second kappa shape index (κ2) is 3.60. The van der Waals surface area contributed by atoms with Gasteiger partial charge >= 0.3 is 0 Å². The zero-order valence-electron chi connectivity index (χ0n) is 8.44. The van der Waals surface area contributed by atoms with Crippen molar-refractivity contribution in [2.45, 2.75) is 42.9 Å². The Morgan fingerprint density at radius 3 is 2.64 bits per heavy atom. The molecule has 0 aromatic carbocycles. The van der Waals surface area contributed by atoms with Gasteiger partial charge in [0.05, 0.1) is 10.3 Å². The second-order valence-electron chi connectivity index (χ2n) is 4.55. The molecule has 1 saturated carbocycles. The maximum atomic E-state index is 12.0. The van der Waals surface area contributed by atoms with E-state index < -0.39 is 0 Å². The molecule has 0 radical (unpaired) electrons. The van der Waals surface area contributed by atoms with Crippen LogP contribution in [0.3, 0.4) is 0 Å². The highest BCUT2D eigenvalue weighted by Crippen LogP contribution is 2.41. The van der Waals surface area contributed by atoms with Crippen molar-refractivity contribution in [2.24, 2.45) is 0 Å². The van der Waals surface area contributed by atoms with Gasteiger partial charge in [-0.25, -0.2) is 0 Å². The van der Waals surface area contributed by atoms with Gasteiger partial charge in [0, 0.05) is 5.88 Å². The molecule has 2 aliphatic rings. The highest BCUT2D eigenvalue weighted by molar-refractivity contribution is 8.01. The van der Waals surface area contributed by atoms with Gasteiger partial charge in [-0.1, -0.05) is 0 Å². The fourth-order valence-corrected chi connectivity index (χ4v) is 3.32. The predicted octanol–water partition coefficient (Wildman–Crippen LogP) is 2.16.